The summed E-state index contributed by atoms with van der Waals surface area (Å²) in [7, 11) is 0. The maximum Gasteiger partial charge on any atom is 0.117 e. The third kappa shape index (κ3) is 2.28. The van der Waals surface area contributed by atoms with E-state index in [1.165, 1.54) is 0 Å². The molecule has 0 aromatic carbocycles. The molecule has 0 spiro atoms. The lowest BCUT2D eigenvalue weighted by molar-refractivity contribution is 0.572. The Morgan fingerprint density at radius 1 is 1.62 bits per heavy atom. The van der Waals surface area contributed by atoms with Gasteiger partial charge in [-0.05, 0) is 18.9 Å². The van der Waals surface area contributed by atoms with Gasteiger partial charge in [0.15, 0.2) is 0 Å². The Labute approximate surface area is 79.2 Å². The van der Waals surface area contributed by atoms with Crippen molar-refractivity contribution in [2.24, 2.45) is 16.0 Å². The average molecular weight is 177 g/mol. The summed E-state index contributed by atoms with van der Waals surface area (Å²) < 4.78 is 0. The van der Waals surface area contributed by atoms with Crippen LogP contribution in [0, 0.1) is 5.92 Å². The quantitative estimate of drug-likeness (QED) is 0.595. The second-order valence-electron chi connectivity index (χ2n) is 3.18. The molecule has 0 atom stereocenters. The number of hydrogen-bond donors (Lipinski definition) is 0. The van der Waals surface area contributed by atoms with Crippen molar-refractivity contribution >= 4 is 12.6 Å². The van der Waals surface area contributed by atoms with Crippen molar-refractivity contribution in [1.29, 1.82) is 0 Å². The number of rotatable bonds is 2. The van der Waals surface area contributed by atoms with E-state index < -0.39 is 0 Å². The third-order valence-electron chi connectivity index (χ3n) is 1.76. The standard InChI is InChI=1S/C10H15N3/c1-5-12-13-7-11-10(8(2)3)6-9(13)4/h5-8H,4H2,1-3H3/b12-5-. The molecule has 0 aromatic rings. The SMILES string of the molecule is C=C1C=C(C(C)C)N=CN1/N=C\C. The number of nitrogens with zero attached hydrogens (tertiary/aromatic N) is 3. The summed E-state index contributed by atoms with van der Waals surface area (Å²) in [6.07, 6.45) is 5.36. The van der Waals surface area contributed by atoms with Gasteiger partial charge in [0.25, 0.3) is 0 Å². The minimum Gasteiger partial charge on any atom is -0.241 e. The van der Waals surface area contributed by atoms with Crippen LogP contribution in [-0.2, 0) is 0 Å². The Kier molecular flexibility index (Phi) is 3.01. The van der Waals surface area contributed by atoms with Gasteiger partial charge in [-0.3, -0.25) is 0 Å². The van der Waals surface area contributed by atoms with E-state index in [9.17, 15) is 0 Å². The highest BCUT2D eigenvalue weighted by Gasteiger charge is 2.10. The first-order valence-electron chi connectivity index (χ1n) is 4.37. The van der Waals surface area contributed by atoms with Crippen LogP contribution in [0.25, 0.3) is 0 Å². The Morgan fingerprint density at radius 3 is 2.77 bits per heavy atom. The molecule has 3 nitrogen and oxygen atoms in total. The zero-order valence-electron chi connectivity index (χ0n) is 8.36. The van der Waals surface area contributed by atoms with Gasteiger partial charge in [0.1, 0.15) is 6.34 Å². The molecule has 0 N–H and O–H groups in total. The zero-order valence-corrected chi connectivity index (χ0v) is 8.36. The fourth-order valence-electron chi connectivity index (χ4n) is 1.01. The summed E-state index contributed by atoms with van der Waals surface area (Å²) in [5, 5.41) is 5.73. The Morgan fingerprint density at radius 2 is 2.31 bits per heavy atom. The molecule has 0 unspecified atom stereocenters. The van der Waals surface area contributed by atoms with Gasteiger partial charge in [-0.2, -0.15) is 5.10 Å². The second-order valence-corrected chi connectivity index (χ2v) is 3.18. The lowest BCUT2D eigenvalue weighted by atomic mass is 10.1. The summed E-state index contributed by atoms with van der Waals surface area (Å²) in [6.45, 7) is 9.97. The predicted octanol–water partition coefficient (Wildman–Crippen LogP) is 2.39. The normalized spacial score (nSPS) is 17.4. The summed E-state index contributed by atoms with van der Waals surface area (Å²) >= 11 is 0. The van der Waals surface area contributed by atoms with Gasteiger partial charge >= 0.3 is 0 Å². The summed E-state index contributed by atoms with van der Waals surface area (Å²) in [4.78, 5) is 4.27. The third-order valence-corrected chi connectivity index (χ3v) is 1.76. The fourth-order valence-corrected chi connectivity index (χ4v) is 1.01. The highest BCUT2D eigenvalue weighted by atomic mass is 15.5. The van der Waals surface area contributed by atoms with Crippen LogP contribution in [0.4, 0.5) is 0 Å². The van der Waals surface area contributed by atoms with Crippen LogP contribution in [0.3, 0.4) is 0 Å². The molecule has 0 bridgehead atoms. The monoisotopic (exact) mass is 177 g/mol. The van der Waals surface area contributed by atoms with Gasteiger partial charge in [-0.1, -0.05) is 20.4 Å². The van der Waals surface area contributed by atoms with Crippen molar-refractivity contribution in [1.82, 2.24) is 5.01 Å². The average Bonchev–Trinajstić information content (AvgIpc) is 2.08. The molecule has 1 rings (SSSR count). The minimum absolute atomic E-state index is 0.431. The molecule has 0 saturated carbocycles. The van der Waals surface area contributed by atoms with Crippen LogP contribution in [0.5, 0.6) is 0 Å². The molecule has 0 aromatic heterocycles. The summed E-state index contributed by atoms with van der Waals surface area (Å²) in [6, 6.07) is 0. The molecule has 1 aliphatic rings. The maximum absolute atomic E-state index is 4.27. The zero-order chi connectivity index (χ0) is 9.84. The van der Waals surface area contributed by atoms with Gasteiger partial charge in [0.05, 0.1) is 5.70 Å². The molecule has 0 amide bonds. The molecule has 0 aliphatic carbocycles. The Hall–Kier alpha value is -1.38. The fraction of sp³-hybridized carbons (Fsp3) is 0.400. The number of hydrazone groups is 1. The second kappa shape index (κ2) is 4.03. The van der Waals surface area contributed by atoms with Crippen molar-refractivity contribution in [2.45, 2.75) is 20.8 Å². The molecule has 3 heteroatoms. The first-order chi connectivity index (χ1) is 6.15. The lowest BCUT2D eigenvalue weighted by Crippen LogP contribution is -2.17. The molecule has 13 heavy (non-hydrogen) atoms. The van der Waals surface area contributed by atoms with Crippen molar-refractivity contribution < 1.29 is 0 Å². The predicted molar refractivity (Wildman–Crippen MR) is 56.6 cm³/mol. The highest BCUT2D eigenvalue weighted by molar-refractivity contribution is 5.65. The highest BCUT2D eigenvalue weighted by Crippen LogP contribution is 2.18. The van der Waals surface area contributed by atoms with Crippen molar-refractivity contribution in [3.8, 4) is 0 Å². The van der Waals surface area contributed by atoms with Crippen LogP contribution in [0.1, 0.15) is 20.8 Å². The number of aliphatic imine (C=N–C) groups is 1. The molecule has 1 aliphatic heterocycles. The number of allylic oxidation sites excluding steroid dienone is 2. The van der Waals surface area contributed by atoms with Gasteiger partial charge in [-0.25, -0.2) is 10.0 Å². The molecule has 1 heterocycles. The van der Waals surface area contributed by atoms with E-state index in [1.54, 1.807) is 17.6 Å². The van der Waals surface area contributed by atoms with E-state index in [0.717, 1.165) is 11.4 Å². The molecule has 0 radical (unpaired) electrons. The largest absolute Gasteiger partial charge is 0.241 e. The van der Waals surface area contributed by atoms with Crippen molar-refractivity contribution in [2.75, 3.05) is 0 Å². The van der Waals surface area contributed by atoms with E-state index in [0.29, 0.717) is 5.92 Å². The van der Waals surface area contributed by atoms with E-state index >= 15 is 0 Å². The molecular formula is C10H15N3. The Bertz CT molecular complexity index is 285. The first-order valence-corrected chi connectivity index (χ1v) is 4.37. The van der Waals surface area contributed by atoms with Crippen LogP contribution in [0.15, 0.2) is 34.1 Å². The maximum atomic E-state index is 4.27. The van der Waals surface area contributed by atoms with Crippen molar-refractivity contribution in [3.63, 3.8) is 0 Å². The minimum atomic E-state index is 0.431. The summed E-state index contributed by atoms with van der Waals surface area (Å²) in [5.74, 6) is 0.431. The topological polar surface area (TPSA) is 28.0 Å². The van der Waals surface area contributed by atoms with E-state index in [2.05, 4.69) is 30.5 Å². The molecular weight excluding hydrogens is 162 g/mol. The lowest BCUT2D eigenvalue weighted by Gasteiger charge is -2.19. The van der Waals surface area contributed by atoms with Gasteiger partial charge in [0.2, 0.25) is 0 Å². The Balaban J connectivity index is 2.79. The van der Waals surface area contributed by atoms with Crippen LogP contribution < -0.4 is 0 Å². The van der Waals surface area contributed by atoms with E-state index in [-0.39, 0.29) is 0 Å². The molecule has 0 saturated heterocycles. The smallest absolute Gasteiger partial charge is 0.117 e. The van der Waals surface area contributed by atoms with Crippen LogP contribution in [0.2, 0.25) is 0 Å². The van der Waals surface area contributed by atoms with Crippen molar-refractivity contribution in [3.05, 3.63) is 24.0 Å². The first kappa shape index (κ1) is 9.71. The van der Waals surface area contributed by atoms with Crippen LogP contribution >= 0.6 is 0 Å². The summed E-state index contributed by atoms with van der Waals surface area (Å²) in [5.41, 5.74) is 1.91. The van der Waals surface area contributed by atoms with E-state index in [1.807, 2.05) is 13.0 Å². The van der Waals surface area contributed by atoms with Gasteiger partial charge in [-0.15, -0.1) is 0 Å². The number of hydrogen-bond acceptors (Lipinski definition) is 3. The molecule has 70 valence electrons. The molecule has 0 fully saturated rings. The van der Waals surface area contributed by atoms with Gasteiger partial charge in [0, 0.05) is 11.9 Å². The van der Waals surface area contributed by atoms with E-state index in [4.69, 9.17) is 0 Å². The van der Waals surface area contributed by atoms with Crippen LogP contribution in [-0.4, -0.2) is 17.6 Å². The van der Waals surface area contributed by atoms with Gasteiger partial charge < -0.3 is 0 Å².